The van der Waals surface area contributed by atoms with Crippen LogP contribution in [0.5, 0.6) is 0 Å². The Morgan fingerprint density at radius 2 is 1.18 bits per heavy atom. The van der Waals surface area contributed by atoms with Gasteiger partial charge < -0.3 is 0 Å². The molecule has 0 atom stereocenters. The molecule has 0 fully saturated rings. The van der Waals surface area contributed by atoms with Crippen molar-refractivity contribution in [3.05, 3.63) is 0 Å². The van der Waals surface area contributed by atoms with Gasteiger partial charge in [0.25, 0.3) is 0 Å². The van der Waals surface area contributed by atoms with Gasteiger partial charge in [-0.1, -0.05) is 0 Å². The van der Waals surface area contributed by atoms with Crippen molar-refractivity contribution < 1.29 is 3.08 Å². The first-order valence-electron chi connectivity index (χ1n) is 9.88. The van der Waals surface area contributed by atoms with Crippen LogP contribution in [0.3, 0.4) is 0 Å². The molecule has 2 heteroatoms. The minimum atomic E-state index is -2.67. The Balaban J connectivity index is 6.16. The monoisotopic (exact) mass is 418 g/mol. The van der Waals surface area contributed by atoms with Gasteiger partial charge in [-0.15, -0.1) is 0 Å². The third-order valence-electron chi connectivity index (χ3n) is 7.34. The van der Waals surface area contributed by atoms with Crippen LogP contribution in [0.4, 0.5) is 0 Å². The van der Waals surface area contributed by atoms with E-state index in [1.807, 2.05) is 0 Å². The molecule has 0 saturated carbocycles. The van der Waals surface area contributed by atoms with Gasteiger partial charge >= 0.3 is 148 Å². The predicted molar refractivity (Wildman–Crippen MR) is 101 cm³/mol. The average molecular weight is 417 g/mol. The molecule has 0 amide bonds. The molecular formula is C20H42OSn. The van der Waals surface area contributed by atoms with Crippen LogP contribution in [0.2, 0.25) is 7.87 Å². The molecule has 0 rings (SSSR count). The van der Waals surface area contributed by atoms with Crippen LogP contribution < -0.4 is 0 Å². The fraction of sp³-hybridized carbons (Fsp3) is 1.00. The Morgan fingerprint density at radius 1 is 0.727 bits per heavy atom. The fourth-order valence-electron chi connectivity index (χ4n) is 5.45. The molecule has 0 bridgehead atoms. The molecule has 0 aliphatic carbocycles. The van der Waals surface area contributed by atoms with Crippen LogP contribution in [0.25, 0.3) is 0 Å². The van der Waals surface area contributed by atoms with E-state index in [0.29, 0.717) is 5.41 Å². The second-order valence-corrected chi connectivity index (χ2v) is 13.9. The molecule has 0 aromatic heterocycles. The van der Waals surface area contributed by atoms with Gasteiger partial charge in [-0.05, 0) is 0 Å². The van der Waals surface area contributed by atoms with Gasteiger partial charge in [-0.3, -0.25) is 0 Å². The number of hydrogen-bond donors (Lipinski definition) is 0. The van der Waals surface area contributed by atoms with Crippen molar-refractivity contribution in [2.75, 3.05) is 0 Å². The molecule has 0 unspecified atom stereocenters. The first-order chi connectivity index (χ1) is 10.3. The van der Waals surface area contributed by atoms with E-state index < -0.39 is 19.7 Å². The number of rotatable bonds is 12. The van der Waals surface area contributed by atoms with Gasteiger partial charge in [0.1, 0.15) is 0 Å². The van der Waals surface area contributed by atoms with Gasteiger partial charge in [0.15, 0.2) is 0 Å². The van der Waals surface area contributed by atoms with Crippen molar-refractivity contribution in [2.45, 2.75) is 115 Å². The van der Waals surface area contributed by atoms with Crippen molar-refractivity contribution in [1.82, 2.24) is 0 Å². The second kappa shape index (κ2) is 9.79. The van der Waals surface area contributed by atoms with Crippen molar-refractivity contribution in [3.63, 3.8) is 0 Å². The van der Waals surface area contributed by atoms with Crippen molar-refractivity contribution in [1.29, 1.82) is 0 Å². The van der Waals surface area contributed by atoms with Crippen molar-refractivity contribution >= 4 is 19.7 Å². The molecule has 0 aromatic rings. The molecule has 0 aliphatic rings. The molecule has 0 radical (unpaired) electrons. The van der Waals surface area contributed by atoms with Crippen molar-refractivity contribution in [2.24, 2.45) is 10.8 Å². The Hall–Kier alpha value is 0.599. The van der Waals surface area contributed by atoms with Gasteiger partial charge in [0.05, 0.1) is 0 Å². The minimum absolute atomic E-state index is 0.134. The maximum absolute atomic E-state index is 13.6. The Bertz CT molecular complexity index is 323. The van der Waals surface area contributed by atoms with E-state index in [1.165, 1.54) is 38.5 Å². The SMILES string of the molecule is CCC[CH2][Sn](=[O])[C](CC)(CC)C(CC)(CC)C(C)(CC)CC. The summed E-state index contributed by atoms with van der Waals surface area (Å²) in [6.45, 7) is 18.8. The fourth-order valence-corrected chi connectivity index (χ4v) is 14.4. The van der Waals surface area contributed by atoms with Gasteiger partial charge in [0, 0.05) is 0 Å². The topological polar surface area (TPSA) is 17.1 Å². The van der Waals surface area contributed by atoms with E-state index in [0.717, 1.165) is 17.3 Å². The standard InChI is InChI=1S/C16H33.C4H9.O.Sn/c1-8-14(9-2)16(12-5,13-6)15(7,10-3)11-4;1-3-4-2;;/h8-13H2,1-7H3;1,3-4H2,2H3;;. The molecule has 0 saturated heterocycles. The Morgan fingerprint density at radius 3 is 1.45 bits per heavy atom. The zero-order chi connectivity index (χ0) is 17.4. The van der Waals surface area contributed by atoms with Gasteiger partial charge in [0.2, 0.25) is 0 Å². The summed E-state index contributed by atoms with van der Waals surface area (Å²) in [4.78, 5) is 0. The third-order valence-corrected chi connectivity index (χ3v) is 16.1. The Kier molecular flexibility index (Phi) is 10.1. The van der Waals surface area contributed by atoms with E-state index in [-0.39, 0.29) is 8.85 Å². The van der Waals surface area contributed by atoms with Crippen LogP contribution in [0.15, 0.2) is 0 Å². The van der Waals surface area contributed by atoms with Gasteiger partial charge in [-0.2, -0.15) is 0 Å². The molecule has 22 heavy (non-hydrogen) atoms. The van der Waals surface area contributed by atoms with E-state index >= 15 is 0 Å². The summed E-state index contributed by atoms with van der Waals surface area (Å²) in [7, 11) is 0. The first kappa shape index (κ1) is 22.6. The molecule has 0 heterocycles. The summed E-state index contributed by atoms with van der Waals surface area (Å²) in [5, 5.41) is 0. The zero-order valence-electron chi connectivity index (χ0n) is 16.8. The van der Waals surface area contributed by atoms with E-state index in [2.05, 4.69) is 55.4 Å². The van der Waals surface area contributed by atoms with Crippen LogP contribution in [0, 0.1) is 10.8 Å². The first-order valence-corrected chi connectivity index (χ1v) is 14.5. The Labute approximate surface area is 148 Å². The normalized spacial score (nSPS) is 13.5. The second-order valence-electron chi connectivity index (χ2n) is 7.37. The van der Waals surface area contributed by atoms with E-state index in [9.17, 15) is 3.08 Å². The summed E-state index contributed by atoms with van der Waals surface area (Å²) in [6, 6.07) is 0. The quantitative estimate of drug-likeness (QED) is 0.303. The molecule has 1 nitrogen and oxygen atoms in total. The molecule has 0 N–H and O–H groups in total. The molecule has 0 spiro atoms. The van der Waals surface area contributed by atoms with Crippen molar-refractivity contribution in [3.8, 4) is 0 Å². The van der Waals surface area contributed by atoms with E-state index in [1.54, 1.807) is 0 Å². The maximum atomic E-state index is 13.6. The molecule has 0 aliphatic heterocycles. The summed E-state index contributed by atoms with van der Waals surface area (Å²) in [6.07, 6.45) is 9.35. The van der Waals surface area contributed by atoms with E-state index in [4.69, 9.17) is 0 Å². The summed E-state index contributed by atoms with van der Waals surface area (Å²) in [5.74, 6) is 0. The summed E-state index contributed by atoms with van der Waals surface area (Å²) >= 11 is -2.67. The summed E-state index contributed by atoms with van der Waals surface area (Å²) in [5.41, 5.74) is 0.558. The van der Waals surface area contributed by atoms with Crippen LogP contribution in [0.1, 0.15) is 107 Å². The molecular weight excluding hydrogens is 375 g/mol. The predicted octanol–water partition coefficient (Wildman–Crippen LogP) is 7.40. The third kappa shape index (κ3) is 3.64. The number of hydrogen-bond acceptors (Lipinski definition) is 1. The van der Waals surface area contributed by atoms with Crippen LogP contribution >= 0.6 is 0 Å². The van der Waals surface area contributed by atoms with Crippen LogP contribution in [-0.2, 0) is 3.08 Å². The van der Waals surface area contributed by atoms with Crippen LogP contribution in [-0.4, -0.2) is 19.7 Å². The molecule has 0 aromatic carbocycles. The molecule has 132 valence electrons. The summed E-state index contributed by atoms with van der Waals surface area (Å²) < 4.78 is 14.8. The average Bonchev–Trinajstić information content (AvgIpc) is 2.57. The zero-order valence-corrected chi connectivity index (χ0v) is 19.6. The number of unbranched alkanes of at least 4 members (excludes halogenated alkanes) is 1. The van der Waals surface area contributed by atoms with Gasteiger partial charge in [-0.25, -0.2) is 0 Å².